The molecule has 2 aliphatic rings. The first-order chi connectivity index (χ1) is 7.24. The van der Waals surface area contributed by atoms with E-state index in [1.807, 2.05) is 11.1 Å². The Bertz CT molecular complexity index is 346. The van der Waals surface area contributed by atoms with Crippen LogP contribution in [0.3, 0.4) is 0 Å². The van der Waals surface area contributed by atoms with Crippen LogP contribution in [0, 0.1) is 0 Å². The van der Waals surface area contributed by atoms with Crippen LogP contribution in [-0.4, -0.2) is 36.7 Å². The monoisotopic (exact) mass is 207 g/mol. The van der Waals surface area contributed by atoms with Gasteiger partial charge in [-0.15, -0.1) is 0 Å². The second kappa shape index (κ2) is 3.74. The summed E-state index contributed by atoms with van der Waals surface area (Å²) < 4.78 is 4.99. The lowest BCUT2D eigenvalue weighted by atomic mass is 10.3. The summed E-state index contributed by atoms with van der Waals surface area (Å²) >= 11 is 0. The lowest BCUT2D eigenvalue weighted by molar-refractivity contribution is 0.211. The van der Waals surface area contributed by atoms with Crippen LogP contribution in [-0.2, 0) is 4.74 Å². The van der Waals surface area contributed by atoms with Gasteiger partial charge in [-0.05, 0) is 6.08 Å². The maximum absolute atomic E-state index is 6.06. The fraction of sp³-hybridized carbons (Fsp3) is 0.333. The molecule has 0 fully saturated rings. The molecule has 15 heavy (non-hydrogen) atoms. The van der Waals surface area contributed by atoms with E-state index in [2.05, 4.69) is 15.3 Å². The highest BCUT2D eigenvalue weighted by Gasteiger charge is 2.28. The number of ether oxygens (including phenoxy) is 1. The maximum atomic E-state index is 6.06. The average Bonchev–Trinajstić information content (AvgIpc) is 2.30. The van der Waals surface area contributed by atoms with Crippen LogP contribution in [0.15, 0.2) is 34.5 Å². The minimum atomic E-state index is -0.857. The molecule has 1 unspecified atom stereocenters. The van der Waals surface area contributed by atoms with Crippen molar-refractivity contribution in [3.05, 3.63) is 24.6 Å². The molecule has 0 aromatic rings. The van der Waals surface area contributed by atoms with Gasteiger partial charge in [-0.2, -0.15) is 0 Å². The number of methoxy groups -OCH3 is 1. The number of rotatable bonds is 1. The van der Waals surface area contributed by atoms with Crippen LogP contribution in [0.25, 0.3) is 0 Å². The van der Waals surface area contributed by atoms with Crippen LogP contribution in [0.1, 0.15) is 0 Å². The largest absolute Gasteiger partial charge is 0.481 e. The van der Waals surface area contributed by atoms with Crippen LogP contribution in [0.5, 0.6) is 0 Å². The van der Waals surface area contributed by atoms with E-state index in [-0.39, 0.29) is 0 Å². The van der Waals surface area contributed by atoms with Crippen LogP contribution < -0.4 is 11.1 Å². The van der Waals surface area contributed by atoms with Gasteiger partial charge in [-0.25, -0.2) is 9.98 Å². The van der Waals surface area contributed by atoms with E-state index in [1.54, 1.807) is 31.8 Å². The predicted molar refractivity (Wildman–Crippen MR) is 58.0 cm³/mol. The topological polar surface area (TPSA) is 75.2 Å². The molecule has 0 aromatic heterocycles. The van der Waals surface area contributed by atoms with Crippen molar-refractivity contribution < 1.29 is 4.74 Å². The van der Waals surface area contributed by atoms with E-state index in [9.17, 15) is 0 Å². The van der Waals surface area contributed by atoms with Gasteiger partial charge >= 0.3 is 0 Å². The third-order valence-electron chi connectivity index (χ3n) is 2.22. The number of hydrogen-bond donors (Lipinski definition) is 2. The number of nitrogens with zero attached hydrogens (tertiary/aromatic N) is 3. The van der Waals surface area contributed by atoms with Crippen molar-refractivity contribution in [2.75, 3.05) is 13.8 Å². The summed E-state index contributed by atoms with van der Waals surface area (Å²) in [5, 5.41) is 2.84. The molecule has 0 aliphatic carbocycles. The van der Waals surface area contributed by atoms with Crippen molar-refractivity contribution >= 4 is 12.2 Å². The fourth-order valence-electron chi connectivity index (χ4n) is 1.33. The molecule has 3 N–H and O–H groups in total. The van der Waals surface area contributed by atoms with E-state index < -0.39 is 5.79 Å². The van der Waals surface area contributed by atoms with E-state index in [1.165, 1.54) is 0 Å². The molecule has 0 amide bonds. The number of hydrogen-bond acceptors (Lipinski definition) is 6. The molecule has 0 saturated carbocycles. The first-order valence-electron chi connectivity index (χ1n) is 4.54. The lowest BCUT2D eigenvalue weighted by Crippen LogP contribution is -2.53. The summed E-state index contributed by atoms with van der Waals surface area (Å²) in [7, 11) is 1.58. The first-order valence-corrected chi connectivity index (χ1v) is 4.54. The Hall–Kier alpha value is -1.82. The van der Waals surface area contributed by atoms with Crippen LogP contribution in [0.4, 0.5) is 0 Å². The molecule has 0 saturated heterocycles. The summed E-state index contributed by atoms with van der Waals surface area (Å²) in [4.78, 5) is 10.1. The average molecular weight is 207 g/mol. The first kappa shape index (κ1) is 9.72. The normalized spacial score (nSPS) is 28.7. The number of aliphatic imine (C=N–C) groups is 2. The second-order valence-electron chi connectivity index (χ2n) is 3.17. The maximum Gasteiger partial charge on any atom is 0.211 e. The van der Waals surface area contributed by atoms with Crippen molar-refractivity contribution in [1.29, 1.82) is 0 Å². The summed E-state index contributed by atoms with van der Waals surface area (Å²) in [5.74, 6) is -0.262. The zero-order chi connectivity index (χ0) is 10.7. The summed E-state index contributed by atoms with van der Waals surface area (Å²) in [5.41, 5.74) is 6.06. The van der Waals surface area contributed by atoms with E-state index in [0.29, 0.717) is 12.6 Å². The third kappa shape index (κ3) is 1.84. The zero-order valence-electron chi connectivity index (χ0n) is 8.42. The van der Waals surface area contributed by atoms with Gasteiger partial charge in [-0.3, -0.25) is 5.73 Å². The smallest absolute Gasteiger partial charge is 0.211 e. The summed E-state index contributed by atoms with van der Waals surface area (Å²) in [6, 6.07) is 0. The second-order valence-corrected chi connectivity index (χ2v) is 3.17. The van der Waals surface area contributed by atoms with Crippen molar-refractivity contribution in [3.8, 4) is 0 Å². The molecule has 80 valence electrons. The highest BCUT2D eigenvalue weighted by atomic mass is 16.5. The Balaban J connectivity index is 2.11. The molecule has 6 nitrogen and oxygen atoms in total. The molecule has 0 radical (unpaired) electrons. The fourth-order valence-corrected chi connectivity index (χ4v) is 1.33. The van der Waals surface area contributed by atoms with Crippen molar-refractivity contribution in [1.82, 2.24) is 10.2 Å². The van der Waals surface area contributed by atoms with Gasteiger partial charge in [-0.1, -0.05) is 0 Å². The standard InChI is InChI=1S/C9H13N5O/c1-15-8-2-5-14(7-12-8)9(10)3-4-11-6-13-9/h2-6H,7,10H2,1H3,(H,11,13). The van der Waals surface area contributed by atoms with Gasteiger partial charge in [0, 0.05) is 18.5 Å². The molecule has 2 aliphatic heterocycles. The summed E-state index contributed by atoms with van der Waals surface area (Å²) in [6.07, 6.45) is 8.65. The van der Waals surface area contributed by atoms with Gasteiger partial charge in [0.1, 0.15) is 6.67 Å². The molecule has 0 aromatic carbocycles. The Labute approximate surface area is 87.8 Å². The van der Waals surface area contributed by atoms with Crippen molar-refractivity contribution in [2.24, 2.45) is 15.7 Å². The molecular weight excluding hydrogens is 194 g/mol. The van der Waals surface area contributed by atoms with Crippen molar-refractivity contribution in [2.45, 2.75) is 5.79 Å². The Morgan fingerprint density at radius 3 is 3.07 bits per heavy atom. The van der Waals surface area contributed by atoms with Gasteiger partial charge in [0.2, 0.25) is 11.7 Å². The zero-order valence-corrected chi connectivity index (χ0v) is 8.42. The number of nitrogens with one attached hydrogen (secondary N) is 1. The number of nitrogens with two attached hydrogens (primary N) is 1. The molecule has 0 spiro atoms. The molecule has 2 rings (SSSR count). The predicted octanol–water partition coefficient (Wildman–Crippen LogP) is -0.424. The Morgan fingerprint density at radius 1 is 1.67 bits per heavy atom. The minimum absolute atomic E-state index is 0.428. The van der Waals surface area contributed by atoms with E-state index in [4.69, 9.17) is 10.5 Å². The van der Waals surface area contributed by atoms with E-state index >= 15 is 0 Å². The lowest BCUT2D eigenvalue weighted by Gasteiger charge is -2.35. The Morgan fingerprint density at radius 2 is 2.53 bits per heavy atom. The van der Waals surface area contributed by atoms with E-state index in [0.717, 1.165) is 0 Å². The highest BCUT2D eigenvalue weighted by Crippen LogP contribution is 2.16. The van der Waals surface area contributed by atoms with Gasteiger partial charge in [0.05, 0.1) is 13.4 Å². The molecule has 1 atom stereocenters. The van der Waals surface area contributed by atoms with Crippen molar-refractivity contribution in [3.63, 3.8) is 0 Å². The molecule has 0 bridgehead atoms. The highest BCUT2D eigenvalue weighted by molar-refractivity contribution is 5.88. The molecule has 2 heterocycles. The third-order valence-corrected chi connectivity index (χ3v) is 2.22. The van der Waals surface area contributed by atoms with Gasteiger partial charge in [0.15, 0.2) is 0 Å². The van der Waals surface area contributed by atoms with Crippen LogP contribution in [0.2, 0.25) is 0 Å². The molecular formula is C9H13N5O. The SMILES string of the molecule is COC1=NCN(C2(N)C=CNC=N2)C=C1. The van der Waals surface area contributed by atoms with Gasteiger partial charge in [0.25, 0.3) is 0 Å². The molecule has 6 heteroatoms. The van der Waals surface area contributed by atoms with Crippen LogP contribution >= 0.6 is 0 Å². The minimum Gasteiger partial charge on any atom is -0.481 e. The Kier molecular flexibility index (Phi) is 2.42. The summed E-state index contributed by atoms with van der Waals surface area (Å²) in [6.45, 7) is 0.428. The van der Waals surface area contributed by atoms with Gasteiger partial charge < -0.3 is 15.0 Å². The quantitative estimate of drug-likeness (QED) is 0.612.